The third-order valence-corrected chi connectivity index (χ3v) is 3.46. The van der Waals surface area contributed by atoms with E-state index in [0.717, 1.165) is 12.8 Å². The number of ether oxygens (including phenoxy) is 2. The molecule has 2 rings (SSSR count). The van der Waals surface area contributed by atoms with E-state index < -0.39 is 5.97 Å². The van der Waals surface area contributed by atoms with Crippen LogP contribution in [-0.2, 0) is 16.0 Å². The van der Waals surface area contributed by atoms with Crippen LogP contribution in [0.5, 0.6) is 5.75 Å². The molecule has 0 saturated heterocycles. The topological polar surface area (TPSA) is 64.6 Å². The van der Waals surface area contributed by atoms with E-state index in [0.29, 0.717) is 17.9 Å². The SMILES string of the molecule is COC(=O)c1ccccc1OCC(=O)NCCCc1ccccc1. The summed E-state index contributed by atoms with van der Waals surface area (Å²) in [6.07, 6.45) is 1.77. The minimum atomic E-state index is -0.492. The Morgan fingerprint density at radius 3 is 2.46 bits per heavy atom. The molecule has 0 atom stereocenters. The van der Waals surface area contributed by atoms with Crippen LogP contribution < -0.4 is 10.1 Å². The van der Waals surface area contributed by atoms with Crippen LogP contribution in [0.1, 0.15) is 22.3 Å². The van der Waals surface area contributed by atoms with Gasteiger partial charge in [0.15, 0.2) is 6.61 Å². The van der Waals surface area contributed by atoms with E-state index >= 15 is 0 Å². The molecular weight excluding hydrogens is 306 g/mol. The van der Waals surface area contributed by atoms with Gasteiger partial charge in [0.05, 0.1) is 7.11 Å². The predicted octanol–water partition coefficient (Wildman–Crippen LogP) is 2.60. The van der Waals surface area contributed by atoms with Gasteiger partial charge in [-0.05, 0) is 30.5 Å². The van der Waals surface area contributed by atoms with Crippen molar-refractivity contribution in [3.05, 3.63) is 65.7 Å². The number of rotatable bonds is 8. The van der Waals surface area contributed by atoms with Crippen LogP contribution in [0.3, 0.4) is 0 Å². The molecule has 5 nitrogen and oxygen atoms in total. The highest BCUT2D eigenvalue weighted by atomic mass is 16.5. The van der Waals surface area contributed by atoms with Crippen LogP contribution >= 0.6 is 0 Å². The molecule has 2 aromatic carbocycles. The number of aryl methyl sites for hydroxylation is 1. The van der Waals surface area contributed by atoms with Gasteiger partial charge in [0.2, 0.25) is 0 Å². The Morgan fingerprint density at radius 1 is 1.00 bits per heavy atom. The molecule has 0 bridgehead atoms. The molecule has 5 heteroatoms. The van der Waals surface area contributed by atoms with Crippen molar-refractivity contribution in [2.75, 3.05) is 20.3 Å². The van der Waals surface area contributed by atoms with E-state index in [1.54, 1.807) is 24.3 Å². The summed E-state index contributed by atoms with van der Waals surface area (Å²) in [6, 6.07) is 16.8. The fraction of sp³-hybridized carbons (Fsp3) is 0.263. The maximum absolute atomic E-state index is 11.8. The highest BCUT2D eigenvalue weighted by Gasteiger charge is 2.13. The predicted molar refractivity (Wildman–Crippen MR) is 91.0 cm³/mol. The van der Waals surface area contributed by atoms with Crippen molar-refractivity contribution in [1.82, 2.24) is 5.32 Å². The lowest BCUT2D eigenvalue weighted by atomic mass is 10.1. The average molecular weight is 327 g/mol. The number of para-hydroxylation sites is 1. The van der Waals surface area contributed by atoms with Crippen molar-refractivity contribution < 1.29 is 19.1 Å². The lowest BCUT2D eigenvalue weighted by molar-refractivity contribution is -0.123. The zero-order valence-corrected chi connectivity index (χ0v) is 13.7. The van der Waals surface area contributed by atoms with Crippen molar-refractivity contribution in [2.24, 2.45) is 0 Å². The third kappa shape index (κ3) is 5.43. The van der Waals surface area contributed by atoms with Gasteiger partial charge in [-0.1, -0.05) is 42.5 Å². The summed E-state index contributed by atoms with van der Waals surface area (Å²) >= 11 is 0. The van der Waals surface area contributed by atoms with E-state index in [1.807, 2.05) is 18.2 Å². The number of benzene rings is 2. The number of methoxy groups -OCH3 is 1. The van der Waals surface area contributed by atoms with Crippen LogP contribution in [0, 0.1) is 0 Å². The molecule has 0 unspecified atom stereocenters. The fourth-order valence-electron chi connectivity index (χ4n) is 2.23. The fourth-order valence-corrected chi connectivity index (χ4v) is 2.23. The van der Waals surface area contributed by atoms with Gasteiger partial charge in [0.25, 0.3) is 5.91 Å². The summed E-state index contributed by atoms with van der Waals surface area (Å²) in [7, 11) is 1.30. The van der Waals surface area contributed by atoms with Crippen LogP contribution in [-0.4, -0.2) is 32.1 Å². The molecule has 0 radical (unpaired) electrons. The Hall–Kier alpha value is -2.82. The van der Waals surface area contributed by atoms with E-state index in [2.05, 4.69) is 22.2 Å². The molecule has 0 aliphatic heterocycles. The Kier molecular flexibility index (Phi) is 6.83. The van der Waals surface area contributed by atoms with Crippen molar-refractivity contribution in [3.63, 3.8) is 0 Å². The minimum absolute atomic E-state index is 0.140. The summed E-state index contributed by atoms with van der Waals surface area (Å²) in [5.41, 5.74) is 1.55. The zero-order chi connectivity index (χ0) is 17.2. The first-order valence-corrected chi connectivity index (χ1v) is 7.81. The molecule has 1 amide bonds. The Bertz CT molecular complexity index is 670. The minimum Gasteiger partial charge on any atom is -0.483 e. The van der Waals surface area contributed by atoms with E-state index in [9.17, 15) is 9.59 Å². The smallest absolute Gasteiger partial charge is 0.341 e. The van der Waals surface area contributed by atoms with Gasteiger partial charge in [-0.25, -0.2) is 4.79 Å². The lowest BCUT2D eigenvalue weighted by Crippen LogP contribution is -2.30. The quantitative estimate of drug-likeness (QED) is 0.598. The second kappa shape index (κ2) is 9.35. The van der Waals surface area contributed by atoms with Gasteiger partial charge in [-0.15, -0.1) is 0 Å². The summed E-state index contributed by atoms with van der Waals surface area (Å²) < 4.78 is 10.1. The monoisotopic (exact) mass is 327 g/mol. The van der Waals surface area contributed by atoms with Gasteiger partial charge in [-0.3, -0.25) is 4.79 Å². The Labute approximate surface area is 141 Å². The third-order valence-electron chi connectivity index (χ3n) is 3.46. The van der Waals surface area contributed by atoms with Crippen LogP contribution in [0.4, 0.5) is 0 Å². The largest absolute Gasteiger partial charge is 0.483 e. The summed E-state index contributed by atoms with van der Waals surface area (Å²) in [4.78, 5) is 23.4. The maximum atomic E-state index is 11.8. The molecule has 1 N–H and O–H groups in total. The molecule has 0 aliphatic rings. The maximum Gasteiger partial charge on any atom is 0.341 e. The van der Waals surface area contributed by atoms with Crippen molar-refractivity contribution in [2.45, 2.75) is 12.8 Å². The number of esters is 1. The first kappa shape index (κ1) is 17.5. The second-order valence-electron chi connectivity index (χ2n) is 5.22. The molecule has 126 valence electrons. The standard InChI is InChI=1S/C19H21NO4/c1-23-19(22)16-11-5-6-12-17(16)24-14-18(21)20-13-7-10-15-8-3-2-4-9-15/h2-6,8-9,11-12H,7,10,13-14H2,1H3,(H,20,21). The molecule has 0 saturated carbocycles. The van der Waals surface area contributed by atoms with Crippen LogP contribution in [0.15, 0.2) is 54.6 Å². The molecular formula is C19H21NO4. The number of nitrogens with one attached hydrogen (secondary N) is 1. The number of hydrogen-bond donors (Lipinski definition) is 1. The first-order chi connectivity index (χ1) is 11.7. The molecule has 0 spiro atoms. The van der Waals surface area contributed by atoms with Gasteiger partial charge < -0.3 is 14.8 Å². The second-order valence-corrected chi connectivity index (χ2v) is 5.22. The number of hydrogen-bond acceptors (Lipinski definition) is 4. The van der Waals surface area contributed by atoms with Gasteiger partial charge in [-0.2, -0.15) is 0 Å². The number of amides is 1. The Morgan fingerprint density at radius 2 is 1.71 bits per heavy atom. The zero-order valence-electron chi connectivity index (χ0n) is 13.7. The van der Waals surface area contributed by atoms with E-state index in [4.69, 9.17) is 4.74 Å². The highest BCUT2D eigenvalue weighted by Crippen LogP contribution is 2.18. The molecule has 0 aromatic heterocycles. The van der Waals surface area contributed by atoms with Crippen molar-refractivity contribution in [3.8, 4) is 5.75 Å². The highest BCUT2D eigenvalue weighted by molar-refractivity contribution is 5.92. The molecule has 24 heavy (non-hydrogen) atoms. The number of carbonyl (C=O) groups is 2. The van der Waals surface area contributed by atoms with Gasteiger partial charge >= 0.3 is 5.97 Å². The molecule has 2 aromatic rings. The van der Waals surface area contributed by atoms with E-state index in [1.165, 1.54) is 12.7 Å². The van der Waals surface area contributed by atoms with E-state index in [-0.39, 0.29) is 12.5 Å². The molecule has 0 aliphatic carbocycles. The summed E-state index contributed by atoms with van der Waals surface area (Å²) in [5.74, 6) is -0.375. The summed E-state index contributed by atoms with van der Waals surface area (Å²) in [6.45, 7) is 0.440. The van der Waals surface area contributed by atoms with Gasteiger partial charge in [0.1, 0.15) is 11.3 Å². The van der Waals surface area contributed by atoms with Crippen molar-refractivity contribution >= 4 is 11.9 Å². The van der Waals surface area contributed by atoms with Crippen molar-refractivity contribution in [1.29, 1.82) is 0 Å². The molecule has 0 fully saturated rings. The average Bonchev–Trinajstić information content (AvgIpc) is 2.64. The summed E-state index contributed by atoms with van der Waals surface area (Å²) in [5, 5.41) is 2.81. The number of carbonyl (C=O) groups excluding carboxylic acids is 2. The van der Waals surface area contributed by atoms with Crippen LogP contribution in [0.25, 0.3) is 0 Å². The van der Waals surface area contributed by atoms with Crippen LogP contribution in [0.2, 0.25) is 0 Å². The molecule has 0 heterocycles. The van der Waals surface area contributed by atoms with Gasteiger partial charge in [0, 0.05) is 6.54 Å². The first-order valence-electron chi connectivity index (χ1n) is 7.81. The lowest BCUT2D eigenvalue weighted by Gasteiger charge is -2.10. The Balaban J connectivity index is 1.73. The normalized spacial score (nSPS) is 10.0.